The fourth-order valence-corrected chi connectivity index (χ4v) is 1.81. The molecule has 1 aliphatic heterocycles. The molecular formula is C12H14O2. The highest BCUT2D eigenvalue weighted by Crippen LogP contribution is 2.29. The molecule has 0 spiro atoms. The molecule has 0 saturated carbocycles. The van der Waals surface area contributed by atoms with Crippen LogP contribution >= 0.6 is 0 Å². The molecule has 1 aromatic carbocycles. The van der Waals surface area contributed by atoms with Gasteiger partial charge in [0, 0.05) is 5.56 Å². The van der Waals surface area contributed by atoms with Gasteiger partial charge in [-0.15, -0.1) is 0 Å². The molecule has 0 saturated heterocycles. The van der Waals surface area contributed by atoms with Gasteiger partial charge in [0.25, 0.3) is 0 Å². The molecule has 1 aromatic rings. The summed E-state index contributed by atoms with van der Waals surface area (Å²) in [6.45, 7) is 2.17. The van der Waals surface area contributed by atoms with Crippen LogP contribution < -0.4 is 4.74 Å². The van der Waals surface area contributed by atoms with Gasteiger partial charge in [0.1, 0.15) is 5.75 Å². The molecule has 0 unspecified atom stereocenters. The smallest absolute Gasteiger partial charge is 0.315 e. The first-order chi connectivity index (χ1) is 6.81. The van der Waals surface area contributed by atoms with Crippen molar-refractivity contribution in [2.75, 3.05) is 0 Å². The maximum atomic E-state index is 11.1. The third-order valence-electron chi connectivity index (χ3n) is 2.57. The number of benzene rings is 1. The van der Waals surface area contributed by atoms with E-state index in [2.05, 4.69) is 13.0 Å². The highest BCUT2D eigenvalue weighted by atomic mass is 16.5. The number of aryl methyl sites for hydroxylation is 1. The lowest BCUT2D eigenvalue weighted by Crippen LogP contribution is -2.00. The zero-order valence-corrected chi connectivity index (χ0v) is 8.38. The van der Waals surface area contributed by atoms with Crippen LogP contribution in [-0.4, -0.2) is 5.97 Å². The largest absolute Gasteiger partial charge is 0.426 e. The lowest BCUT2D eigenvalue weighted by Gasteiger charge is -2.04. The molecule has 0 N–H and O–H groups in total. The fourth-order valence-electron chi connectivity index (χ4n) is 1.81. The van der Waals surface area contributed by atoms with E-state index in [4.69, 9.17) is 4.74 Å². The van der Waals surface area contributed by atoms with Gasteiger partial charge in [0.2, 0.25) is 0 Å². The summed E-state index contributed by atoms with van der Waals surface area (Å²) in [5.41, 5.74) is 2.38. The number of hydrogen-bond acceptors (Lipinski definition) is 2. The predicted molar refractivity (Wildman–Crippen MR) is 54.4 cm³/mol. The quantitative estimate of drug-likeness (QED) is 0.540. The van der Waals surface area contributed by atoms with Crippen molar-refractivity contribution in [1.82, 2.24) is 0 Å². The molecule has 0 amide bonds. The van der Waals surface area contributed by atoms with Crippen LogP contribution in [0, 0.1) is 0 Å². The van der Waals surface area contributed by atoms with E-state index in [1.807, 2.05) is 12.1 Å². The number of rotatable bonds is 3. The maximum Gasteiger partial charge on any atom is 0.315 e. The first kappa shape index (κ1) is 9.25. The Morgan fingerprint density at radius 1 is 1.43 bits per heavy atom. The van der Waals surface area contributed by atoms with E-state index in [0.29, 0.717) is 6.42 Å². The Morgan fingerprint density at radius 2 is 2.29 bits per heavy atom. The number of ether oxygens (including phenoxy) is 1. The van der Waals surface area contributed by atoms with E-state index in [1.165, 1.54) is 18.4 Å². The Bertz CT molecular complexity index is 355. The van der Waals surface area contributed by atoms with Crippen molar-refractivity contribution in [3.8, 4) is 5.75 Å². The van der Waals surface area contributed by atoms with Gasteiger partial charge in [0.15, 0.2) is 0 Å². The minimum atomic E-state index is -0.121. The van der Waals surface area contributed by atoms with Gasteiger partial charge in [-0.2, -0.15) is 0 Å². The summed E-state index contributed by atoms with van der Waals surface area (Å²) in [6.07, 6.45) is 3.86. The average molecular weight is 190 g/mol. The van der Waals surface area contributed by atoms with E-state index < -0.39 is 0 Å². The lowest BCUT2D eigenvalue weighted by atomic mass is 10.0. The number of esters is 1. The molecule has 14 heavy (non-hydrogen) atoms. The molecule has 0 aliphatic carbocycles. The van der Waals surface area contributed by atoms with Gasteiger partial charge in [-0.05, 0) is 24.5 Å². The second-order valence-corrected chi connectivity index (χ2v) is 3.65. The molecule has 0 radical (unpaired) electrons. The van der Waals surface area contributed by atoms with Crippen LogP contribution in [0.5, 0.6) is 5.75 Å². The van der Waals surface area contributed by atoms with Crippen LogP contribution in [-0.2, 0) is 17.6 Å². The molecule has 74 valence electrons. The van der Waals surface area contributed by atoms with Crippen molar-refractivity contribution < 1.29 is 9.53 Å². The third-order valence-corrected chi connectivity index (χ3v) is 2.57. The van der Waals surface area contributed by atoms with Gasteiger partial charge in [0.05, 0.1) is 6.42 Å². The van der Waals surface area contributed by atoms with Crippen molar-refractivity contribution in [2.24, 2.45) is 0 Å². The van der Waals surface area contributed by atoms with Crippen molar-refractivity contribution in [2.45, 2.75) is 32.6 Å². The molecule has 0 fully saturated rings. The van der Waals surface area contributed by atoms with Crippen LogP contribution in [0.4, 0.5) is 0 Å². The molecule has 2 nitrogen and oxygen atoms in total. The van der Waals surface area contributed by atoms with Crippen LogP contribution in [0.3, 0.4) is 0 Å². The van der Waals surface area contributed by atoms with Gasteiger partial charge in [-0.3, -0.25) is 4.79 Å². The maximum absolute atomic E-state index is 11.1. The Morgan fingerprint density at radius 3 is 3.07 bits per heavy atom. The molecule has 0 aromatic heterocycles. The SMILES string of the molecule is CCCCc1cccc2c1CC(=O)O2. The normalized spacial score (nSPS) is 13.9. The van der Waals surface area contributed by atoms with Crippen LogP contribution in [0.1, 0.15) is 30.9 Å². The fraction of sp³-hybridized carbons (Fsp3) is 0.417. The Labute approximate surface area is 83.9 Å². The van der Waals surface area contributed by atoms with Crippen molar-refractivity contribution >= 4 is 5.97 Å². The number of carbonyl (C=O) groups excluding carboxylic acids is 1. The van der Waals surface area contributed by atoms with E-state index in [-0.39, 0.29) is 5.97 Å². The zero-order valence-electron chi connectivity index (χ0n) is 8.38. The highest BCUT2D eigenvalue weighted by Gasteiger charge is 2.22. The third kappa shape index (κ3) is 1.65. The zero-order chi connectivity index (χ0) is 9.97. The summed E-state index contributed by atoms with van der Waals surface area (Å²) < 4.78 is 5.09. The Kier molecular flexibility index (Phi) is 2.53. The lowest BCUT2D eigenvalue weighted by molar-refractivity contribution is -0.131. The summed E-state index contributed by atoms with van der Waals surface area (Å²) in [4.78, 5) is 11.1. The standard InChI is InChI=1S/C12H14O2/c1-2-3-5-9-6-4-7-11-10(9)8-12(13)14-11/h4,6-7H,2-3,5,8H2,1H3. The van der Waals surface area contributed by atoms with E-state index in [0.717, 1.165) is 17.7 Å². The van der Waals surface area contributed by atoms with E-state index in [1.54, 1.807) is 0 Å². The van der Waals surface area contributed by atoms with Crippen LogP contribution in [0.15, 0.2) is 18.2 Å². The van der Waals surface area contributed by atoms with Crippen molar-refractivity contribution in [3.05, 3.63) is 29.3 Å². The number of hydrogen-bond donors (Lipinski definition) is 0. The first-order valence-electron chi connectivity index (χ1n) is 5.12. The number of carbonyl (C=O) groups is 1. The minimum Gasteiger partial charge on any atom is -0.426 e. The molecule has 0 atom stereocenters. The summed E-state index contributed by atoms with van der Waals surface area (Å²) >= 11 is 0. The van der Waals surface area contributed by atoms with Gasteiger partial charge in [-0.25, -0.2) is 0 Å². The molecule has 0 bridgehead atoms. The van der Waals surface area contributed by atoms with E-state index in [9.17, 15) is 4.79 Å². The van der Waals surface area contributed by atoms with Crippen LogP contribution in [0.25, 0.3) is 0 Å². The second kappa shape index (κ2) is 3.82. The monoisotopic (exact) mass is 190 g/mol. The molecule has 1 heterocycles. The minimum absolute atomic E-state index is 0.121. The first-order valence-corrected chi connectivity index (χ1v) is 5.12. The summed E-state index contributed by atoms with van der Waals surface area (Å²) in [7, 11) is 0. The average Bonchev–Trinajstić information content (AvgIpc) is 2.55. The van der Waals surface area contributed by atoms with Crippen LogP contribution in [0.2, 0.25) is 0 Å². The number of unbranched alkanes of at least 4 members (excludes halogenated alkanes) is 1. The molecule has 2 rings (SSSR count). The summed E-state index contributed by atoms with van der Waals surface area (Å²) in [5, 5.41) is 0. The van der Waals surface area contributed by atoms with Gasteiger partial charge in [-0.1, -0.05) is 25.5 Å². The topological polar surface area (TPSA) is 26.3 Å². The Hall–Kier alpha value is -1.31. The predicted octanol–water partition coefficient (Wildman–Crippen LogP) is 2.49. The molecular weight excluding hydrogens is 176 g/mol. The second-order valence-electron chi connectivity index (χ2n) is 3.65. The summed E-state index contributed by atoms with van der Waals surface area (Å²) in [5.74, 6) is 0.646. The van der Waals surface area contributed by atoms with Gasteiger partial charge >= 0.3 is 5.97 Å². The van der Waals surface area contributed by atoms with E-state index >= 15 is 0 Å². The molecule has 1 aliphatic rings. The van der Waals surface area contributed by atoms with Crippen molar-refractivity contribution in [1.29, 1.82) is 0 Å². The summed E-state index contributed by atoms with van der Waals surface area (Å²) in [6, 6.07) is 5.93. The number of fused-ring (bicyclic) bond motifs is 1. The molecule has 2 heteroatoms. The van der Waals surface area contributed by atoms with Gasteiger partial charge < -0.3 is 4.74 Å². The van der Waals surface area contributed by atoms with Crippen molar-refractivity contribution in [3.63, 3.8) is 0 Å². The Balaban J connectivity index is 2.25. The highest BCUT2D eigenvalue weighted by molar-refractivity contribution is 5.81.